The number of hydrazine groups is 1. The van der Waals surface area contributed by atoms with Crippen LogP contribution in [0.2, 0.25) is 0 Å². The van der Waals surface area contributed by atoms with Crippen LogP contribution in [0.25, 0.3) is 0 Å². The summed E-state index contributed by atoms with van der Waals surface area (Å²) >= 11 is 0. The summed E-state index contributed by atoms with van der Waals surface area (Å²) in [5.41, 5.74) is 6.52. The van der Waals surface area contributed by atoms with Crippen LogP contribution in [0.4, 0.5) is 0 Å². The average molecular weight is 260 g/mol. The van der Waals surface area contributed by atoms with Gasteiger partial charge in [-0.3, -0.25) is 11.3 Å². The van der Waals surface area contributed by atoms with Crippen LogP contribution in [0.3, 0.4) is 0 Å². The van der Waals surface area contributed by atoms with E-state index in [4.69, 9.17) is 5.84 Å². The van der Waals surface area contributed by atoms with E-state index in [0.29, 0.717) is 17.4 Å². The smallest absolute Gasteiger partial charge is 0.0242 e. The lowest BCUT2D eigenvalue weighted by atomic mass is 9.77. The first-order valence-corrected chi connectivity index (χ1v) is 7.52. The van der Waals surface area contributed by atoms with Crippen molar-refractivity contribution in [3.05, 3.63) is 35.4 Å². The first kappa shape index (κ1) is 14.5. The summed E-state index contributed by atoms with van der Waals surface area (Å²) in [5.74, 6) is 6.49. The second kappa shape index (κ2) is 6.06. The van der Waals surface area contributed by atoms with E-state index in [1.54, 1.807) is 0 Å². The van der Waals surface area contributed by atoms with Crippen molar-refractivity contribution in [2.45, 2.75) is 58.9 Å². The summed E-state index contributed by atoms with van der Waals surface area (Å²) in [4.78, 5) is 0. The topological polar surface area (TPSA) is 38.0 Å². The lowest BCUT2D eigenvalue weighted by Gasteiger charge is -2.32. The number of fused-ring (bicyclic) bond motifs is 1. The highest BCUT2D eigenvalue weighted by atomic mass is 15.2. The van der Waals surface area contributed by atoms with Gasteiger partial charge in [0.2, 0.25) is 0 Å². The maximum Gasteiger partial charge on any atom is 0.0242 e. The minimum absolute atomic E-state index is 0.391. The van der Waals surface area contributed by atoms with E-state index in [2.05, 4.69) is 50.5 Å². The quantitative estimate of drug-likeness (QED) is 0.643. The van der Waals surface area contributed by atoms with Gasteiger partial charge in [-0.2, -0.15) is 0 Å². The predicted octanol–water partition coefficient (Wildman–Crippen LogP) is 3.45. The molecule has 1 aliphatic carbocycles. The van der Waals surface area contributed by atoms with Gasteiger partial charge >= 0.3 is 0 Å². The van der Waals surface area contributed by atoms with Gasteiger partial charge in [0.1, 0.15) is 0 Å². The Kier molecular flexibility index (Phi) is 4.64. The number of benzene rings is 1. The molecule has 0 spiro atoms. The van der Waals surface area contributed by atoms with Crippen molar-refractivity contribution < 1.29 is 0 Å². The molecular weight excluding hydrogens is 232 g/mol. The van der Waals surface area contributed by atoms with Crippen molar-refractivity contribution in [3.63, 3.8) is 0 Å². The van der Waals surface area contributed by atoms with Crippen molar-refractivity contribution in [1.82, 2.24) is 5.43 Å². The van der Waals surface area contributed by atoms with Crippen LogP contribution in [0.5, 0.6) is 0 Å². The molecule has 0 heterocycles. The van der Waals surface area contributed by atoms with E-state index in [1.165, 1.54) is 43.2 Å². The molecule has 106 valence electrons. The van der Waals surface area contributed by atoms with Gasteiger partial charge in [0, 0.05) is 6.04 Å². The van der Waals surface area contributed by atoms with Gasteiger partial charge in [0.15, 0.2) is 0 Å². The molecular formula is C17H28N2. The molecule has 2 nitrogen and oxygen atoms in total. The van der Waals surface area contributed by atoms with Gasteiger partial charge in [-0.15, -0.1) is 0 Å². The third-order valence-corrected chi connectivity index (χ3v) is 4.37. The van der Waals surface area contributed by atoms with Crippen LogP contribution in [-0.4, -0.2) is 6.04 Å². The Hall–Kier alpha value is -0.860. The predicted molar refractivity (Wildman–Crippen MR) is 81.8 cm³/mol. The van der Waals surface area contributed by atoms with Crippen molar-refractivity contribution in [2.75, 3.05) is 0 Å². The Labute approximate surface area is 117 Å². The second-order valence-corrected chi connectivity index (χ2v) is 7.14. The van der Waals surface area contributed by atoms with E-state index in [0.717, 1.165) is 0 Å². The molecule has 0 saturated carbocycles. The minimum Gasteiger partial charge on any atom is -0.271 e. The van der Waals surface area contributed by atoms with Gasteiger partial charge < -0.3 is 0 Å². The monoisotopic (exact) mass is 260 g/mol. The summed E-state index contributed by atoms with van der Waals surface area (Å²) < 4.78 is 0. The molecule has 2 rings (SSSR count). The molecule has 2 atom stereocenters. The molecule has 19 heavy (non-hydrogen) atoms. The molecule has 1 aliphatic rings. The highest BCUT2D eigenvalue weighted by Gasteiger charge is 2.26. The second-order valence-electron chi connectivity index (χ2n) is 7.14. The highest BCUT2D eigenvalue weighted by Crippen LogP contribution is 2.31. The van der Waals surface area contributed by atoms with Crippen LogP contribution in [-0.2, 0) is 12.8 Å². The van der Waals surface area contributed by atoms with Gasteiger partial charge in [-0.25, -0.2) is 0 Å². The van der Waals surface area contributed by atoms with Crippen LogP contribution in [0.1, 0.15) is 51.2 Å². The normalized spacial score (nSPS) is 20.9. The lowest BCUT2D eigenvalue weighted by Crippen LogP contribution is -2.43. The number of hydrogen-bond donors (Lipinski definition) is 2. The first-order valence-electron chi connectivity index (χ1n) is 7.52. The highest BCUT2D eigenvalue weighted by molar-refractivity contribution is 5.29. The molecule has 0 aromatic heterocycles. The van der Waals surface area contributed by atoms with Crippen LogP contribution >= 0.6 is 0 Å². The zero-order chi connectivity index (χ0) is 13.9. The SMILES string of the molecule is CC(C)(C)CCC(NN)C1CCc2ccccc2C1. The van der Waals surface area contributed by atoms with E-state index < -0.39 is 0 Å². The number of rotatable bonds is 4. The lowest BCUT2D eigenvalue weighted by molar-refractivity contribution is 0.262. The summed E-state index contributed by atoms with van der Waals surface area (Å²) in [6.07, 6.45) is 6.03. The first-order chi connectivity index (χ1) is 8.99. The Balaban J connectivity index is 1.98. The molecule has 1 aromatic carbocycles. The average Bonchev–Trinajstić information content (AvgIpc) is 2.38. The van der Waals surface area contributed by atoms with Gasteiger partial charge in [0.25, 0.3) is 0 Å². The van der Waals surface area contributed by atoms with Crippen LogP contribution < -0.4 is 11.3 Å². The standard InChI is InChI=1S/C17H28N2/c1-17(2,3)11-10-16(19-18)15-9-8-13-6-4-5-7-14(13)12-15/h4-7,15-16,19H,8-12,18H2,1-3H3. The van der Waals surface area contributed by atoms with Crippen molar-refractivity contribution in [1.29, 1.82) is 0 Å². The molecule has 0 bridgehead atoms. The van der Waals surface area contributed by atoms with E-state index >= 15 is 0 Å². The maximum absolute atomic E-state index is 5.80. The van der Waals surface area contributed by atoms with Crippen LogP contribution in [0, 0.1) is 11.3 Å². The fourth-order valence-electron chi connectivity index (χ4n) is 3.11. The fraction of sp³-hybridized carbons (Fsp3) is 0.647. The summed E-state index contributed by atoms with van der Waals surface area (Å²) in [7, 11) is 0. The van der Waals surface area contributed by atoms with Crippen molar-refractivity contribution in [3.8, 4) is 0 Å². The van der Waals surface area contributed by atoms with E-state index in [-0.39, 0.29) is 0 Å². The molecule has 2 heteroatoms. The fourth-order valence-corrected chi connectivity index (χ4v) is 3.11. The molecule has 0 amide bonds. The number of nitrogens with one attached hydrogen (secondary N) is 1. The summed E-state index contributed by atoms with van der Waals surface area (Å²) in [5, 5.41) is 0. The Morgan fingerprint density at radius 2 is 1.95 bits per heavy atom. The zero-order valence-corrected chi connectivity index (χ0v) is 12.6. The summed E-state index contributed by atoms with van der Waals surface area (Å²) in [6.45, 7) is 6.91. The minimum atomic E-state index is 0.391. The third-order valence-electron chi connectivity index (χ3n) is 4.37. The Morgan fingerprint density at radius 1 is 1.26 bits per heavy atom. The van der Waals surface area contributed by atoms with Crippen molar-refractivity contribution in [2.24, 2.45) is 17.2 Å². The maximum atomic E-state index is 5.80. The Bertz CT molecular complexity index is 406. The third kappa shape index (κ3) is 4.05. The largest absolute Gasteiger partial charge is 0.271 e. The molecule has 0 saturated heterocycles. The molecule has 0 fully saturated rings. The van der Waals surface area contributed by atoms with E-state index in [9.17, 15) is 0 Å². The van der Waals surface area contributed by atoms with E-state index in [1.807, 2.05) is 0 Å². The van der Waals surface area contributed by atoms with Gasteiger partial charge in [0.05, 0.1) is 0 Å². The number of nitrogens with two attached hydrogens (primary N) is 1. The number of aryl methyl sites for hydroxylation is 1. The van der Waals surface area contributed by atoms with Gasteiger partial charge in [-0.05, 0) is 54.6 Å². The number of hydrogen-bond acceptors (Lipinski definition) is 2. The molecule has 2 unspecified atom stereocenters. The molecule has 0 radical (unpaired) electrons. The van der Waals surface area contributed by atoms with Crippen molar-refractivity contribution >= 4 is 0 Å². The Morgan fingerprint density at radius 3 is 2.58 bits per heavy atom. The van der Waals surface area contributed by atoms with Gasteiger partial charge in [-0.1, -0.05) is 45.0 Å². The molecule has 0 aliphatic heterocycles. The molecule has 1 aromatic rings. The molecule has 3 N–H and O–H groups in total. The zero-order valence-electron chi connectivity index (χ0n) is 12.6. The summed E-state index contributed by atoms with van der Waals surface area (Å²) in [6, 6.07) is 9.30. The van der Waals surface area contributed by atoms with Crippen LogP contribution in [0.15, 0.2) is 24.3 Å².